The van der Waals surface area contributed by atoms with Gasteiger partial charge in [-0.1, -0.05) is 24.3 Å². The summed E-state index contributed by atoms with van der Waals surface area (Å²) >= 11 is 0. The maximum atomic E-state index is 12.9. The first-order chi connectivity index (χ1) is 14.0. The average Bonchev–Trinajstić information content (AvgIpc) is 3.47. The van der Waals surface area contributed by atoms with E-state index in [0.717, 1.165) is 18.4 Å². The molecule has 146 valence electrons. The molecular weight excluding hydrogens is 368 g/mol. The lowest BCUT2D eigenvalue weighted by molar-refractivity contribution is 0.0950. The quantitative estimate of drug-likeness (QED) is 0.499. The van der Waals surface area contributed by atoms with E-state index >= 15 is 0 Å². The van der Waals surface area contributed by atoms with Crippen LogP contribution in [-0.4, -0.2) is 33.8 Å². The third kappa shape index (κ3) is 3.67. The molecule has 1 aromatic heterocycles. The Hall–Kier alpha value is -3.74. The van der Waals surface area contributed by atoms with Crippen molar-refractivity contribution in [3.05, 3.63) is 76.5 Å². The van der Waals surface area contributed by atoms with Gasteiger partial charge in [0.25, 0.3) is 5.91 Å². The van der Waals surface area contributed by atoms with Crippen molar-refractivity contribution in [2.75, 3.05) is 5.73 Å². The van der Waals surface area contributed by atoms with E-state index in [1.54, 1.807) is 30.3 Å². The zero-order valence-corrected chi connectivity index (χ0v) is 15.9. The normalized spacial score (nSPS) is 13.1. The number of aromatic nitrogens is 2. The number of hydrogen-bond donors (Lipinski definition) is 2. The fourth-order valence-electron chi connectivity index (χ4n) is 3.11. The summed E-state index contributed by atoms with van der Waals surface area (Å²) in [4.78, 5) is 36.2. The maximum Gasteiger partial charge on any atom is 0.251 e. The summed E-state index contributed by atoms with van der Waals surface area (Å²) < 4.78 is 1.46. The molecule has 29 heavy (non-hydrogen) atoms. The molecular formula is C22H20N4O3. The second kappa shape index (κ2) is 7.35. The van der Waals surface area contributed by atoms with Crippen LogP contribution >= 0.6 is 0 Å². The number of rotatable bonds is 6. The third-order valence-corrected chi connectivity index (χ3v) is 4.95. The number of anilines is 1. The number of hydrogen-bond acceptors (Lipinski definition) is 5. The number of nitrogens with one attached hydrogen (secondary N) is 1. The number of nitrogens with zero attached hydrogens (tertiary/aromatic N) is 2. The SMILES string of the molecule is Cc1ccc(C(=O)NC2CC2)cc1-n1ncc(C(=O)c2cccc(C=O)c2)c1N. The number of aryl methyl sites for hydroxylation is 1. The van der Waals surface area contributed by atoms with Crippen LogP contribution in [0.2, 0.25) is 0 Å². The van der Waals surface area contributed by atoms with Gasteiger partial charge in [-0.15, -0.1) is 0 Å². The van der Waals surface area contributed by atoms with Gasteiger partial charge in [0, 0.05) is 22.7 Å². The second-order valence-corrected chi connectivity index (χ2v) is 7.18. The van der Waals surface area contributed by atoms with Crippen molar-refractivity contribution in [2.45, 2.75) is 25.8 Å². The minimum atomic E-state index is -0.322. The predicted molar refractivity (Wildman–Crippen MR) is 108 cm³/mol. The molecule has 3 N–H and O–H groups in total. The summed E-state index contributed by atoms with van der Waals surface area (Å²) in [6, 6.07) is 12.0. The standard InChI is InChI=1S/C22H20N4O3/c1-13-5-6-16(22(29)25-17-7-8-17)10-19(13)26-21(23)18(11-24-26)20(28)15-4-2-3-14(9-15)12-27/h2-6,9-12,17H,7-8,23H2,1H3,(H,25,29). The molecule has 3 aromatic rings. The Morgan fingerprint density at radius 2 is 1.97 bits per heavy atom. The zero-order valence-electron chi connectivity index (χ0n) is 15.9. The molecule has 1 amide bonds. The van der Waals surface area contributed by atoms with Crippen LogP contribution in [-0.2, 0) is 0 Å². The summed E-state index contributed by atoms with van der Waals surface area (Å²) in [6.45, 7) is 1.88. The van der Waals surface area contributed by atoms with Crippen LogP contribution in [0.15, 0.2) is 48.7 Å². The lowest BCUT2D eigenvalue weighted by Gasteiger charge is -2.11. The summed E-state index contributed by atoms with van der Waals surface area (Å²) in [5.41, 5.74) is 9.25. The highest BCUT2D eigenvalue weighted by Gasteiger charge is 2.24. The largest absolute Gasteiger partial charge is 0.383 e. The van der Waals surface area contributed by atoms with E-state index in [1.165, 1.54) is 16.9 Å². The van der Waals surface area contributed by atoms with Crippen LogP contribution in [0.3, 0.4) is 0 Å². The zero-order chi connectivity index (χ0) is 20.5. The van der Waals surface area contributed by atoms with Crippen molar-refractivity contribution >= 4 is 23.8 Å². The number of carbonyl (C=O) groups is 3. The Balaban J connectivity index is 1.68. The summed E-state index contributed by atoms with van der Waals surface area (Å²) in [5, 5.41) is 7.24. The number of nitrogen functional groups attached to an aromatic ring is 1. The van der Waals surface area contributed by atoms with E-state index in [9.17, 15) is 14.4 Å². The number of benzene rings is 2. The van der Waals surface area contributed by atoms with Gasteiger partial charge in [-0.2, -0.15) is 5.10 Å². The molecule has 0 aliphatic heterocycles. The molecule has 1 aliphatic carbocycles. The summed E-state index contributed by atoms with van der Waals surface area (Å²) in [7, 11) is 0. The number of amides is 1. The third-order valence-electron chi connectivity index (χ3n) is 4.95. The molecule has 0 unspecified atom stereocenters. The molecule has 1 fully saturated rings. The molecule has 0 spiro atoms. The minimum absolute atomic E-state index is 0.138. The molecule has 7 heteroatoms. The Morgan fingerprint density at radius 1 is 1.17 bits per heavy atom. The maximum absolute atomic E-state index is 12.9. The molecule has 0 radical (unpaired) electrons. The molecule has 1 saturated carbocycles. The fourth-order valence-corrected chi connectivity index (χ4v) is 3.11. The van der Waals surface area contributed by atoms with Crippen molar-refractivity contribution in [1.29, 1.82) is 0 Å². The van der Waals surface area contributed by atoms with Crippen LogP contribution in [0, 0.1) is 6.92 Å². The van der Waals surface area contributed by atoms with Crippen LogP contribution in [0.5, 0.6) is 0 Å². The molecule has 4 rings (SSSR count). The first-order valence-electron chi connectivity index (χ1n) is 9.33. The topological polar surface area (TPSA) is 107 Å². The van der Waals surface area contributed by atoms with E-state index < -0.39 is 0 Å². The Kier molecular flexibility index (Phi) is 4.72. The molecule has 0 saturated heterocycles. The smallest absolute Gasteiger partial charge is 0.251 e. The van der Waals surface area contributed by atoms with E-state index in [1.807, 2.05) is 13.0 Å². The monoisotopic (exact) mass is 388 g/mol. The Morgan fingerprint density at radius 3 is 2.69 bits per heavy atom. The molecule has 0 bridgehead atoms. The van der Waals surface area contributed by atoms with Gasteiger partial charge < -0.3 is 11.1 Å². The highest BCUT2D eigenvalue weighted by molar-refractivity contribution is 6.12. The van der Waals surface area contributed by atoms with Gasteiger partial charge in [-0.05, 0) is 43.5 Å². The van der Waals surface area contributed by atoms with E-state index in [2.05, 4.69) is 10.4 Å². The van der Waals surface area contributed by atoms with Crippen LogP contribution in [0.1, 0.15) is 55.0 Å². The van der Waals surface area contributed by atoms with Gasteiger partial charge >= 0.3 is 0 Å². The van der Waals surface area contributed by atoms with Crippen molar-refractivity contribution in [1.82, 2.24) is 15.1 Å². The highest BCUT2D eigenvalue weighted by Crippen LogP contribution is 2.24. The summed E-state index contributed by atoms with van der Waals surface area (Å²) in [5.74, 6) is -0.284. The Labute approximate surface area is 167 Å². The second-order valence-electron chi connectivity index (χ2n) is 7.18. The lowest BCUT2D eigenvalue weighted by Crippen LogP contribution is -2.25. The number of ketones is 1. The first kappa shape index (κ1) is 18.6. The molecule has 7 nitrogen and oxygen atoms in total. The van der Waals surface area contributed by atoms with Gasteiger partial charge in [0.2, 0.25) is 0 Å². The van der Waals surface area contributed by atoms with Gasteiger partial charge in [-0.3, -0.25) is 14.4 Å². The van der Waals surface area contributed by atoms with Gasteiger partial charge in [-0.25, -0.2) is 4.68 Å². The predicted octanol–water partition coefficient (Wildman–Crippen LogP) is 2.70. The van der Waals surface area contributed by atoms with E-state index in [0.29, 0.717) is 28.7 Å². The molecule has 1 heterocycles. The molecule has 2 aromatic carbocycles. The lowest BCUT2D eigenvalue weighted by atomic mass is 10.0. The molecule has 1 aliphatic rings. The van der Waals surface area contributed by atoms with E-state index in [-0.39, 0.29) is 29.1 Å². The number of carbonyl (C=O) groups excluding carboxylic acids is 3. The van der Waals surface area contributed by atoms with Crippen LogP contribution in [0.4, 0.5) is 5.82 Å². The Bertz CT molecular complexity index is 1130. The number of aldehydes is 1. The highest BCUT2D eigenvalue weighted by atomic mass is 16.2. The van der Waals surface area contributed by atoms with Crippen molar-refractivity contribution in [3.63, 3.8) is 0 Å². The van der Waals surface area contributed by atoms with Crippen molar-refractivity contribution in [3.8, 4) is 5.69 Å². The van der Waals surface area contributed by atoms with Crippen molar-refractivity contribution in [2.24, 2.45) is 0 Å². The van der Waals surface area contributed by atoms with Crippen LogP contribution in [0.25, 0.3) is 5.69 Å². The summed E-state index contributed by atoms with van der Waals surface area (Å²) in [6.07, 6.45) is 4.10. The van der Waals surface area contributed by atoms with E-state index in [4.69, 9.17) is 5.73 Å². The average molecular weight is 388 g/mol. The minimum Gasteiger partial charge on any atom is -0.383 e. The number of nitrogens with two attached hydrogens (primary N) is 1. The fraction of sp³-hybridized carbons (Fsp3) is 0.182. The van der Waals surface area contributed by atoms with Gasteiger partial charge in [0.15, 0.2) is 5.78 Å². The van der Waals surface area contributed by atoms with Gasteiger partial charge in [0.05, 0.1) is 17.4 Å². The molecule has 0 atom stereocenters. The first-order valence-corrected chi connectivity index (χ1v) is 9.33. The van der Waals surface area contributed by atoms with Crippen molar-refractivity contribution < 1.29 is 14.4 Å². The van der Waals surface area contributed by atoms with Gasteiger partial charge in [0.1, 0.15) is 12.1 Å². The van der Waals surface area contributed by atoms with Crippen LogP contribution < -0.4 is 11.1 Å².